The Balaban J connectivity index is 1.96. The van der Waals surface area contributed by atoms with Gasteiger partial charge in [0, 0.05) is 10.7 Å². The summed E-state index contributed by atoms with van der Waals surface area (Å²) < 4.78 is 0. The summed E-state index contributed by atoms with van der Waals surface area (Å²) >= 11 is 6.24. The number of hydrogen-bond acceptors (Lipinski definition) is 2. The molecule has 0 N–H and O–H groups in total. The van der Waals surface area contributed by atoms with Crippen molar-refractivity contribution in [3.05, 3.63) is 64.7 Å². The second-order valence-electron chi connectivity index (χ2n) is 6.07. The summed E-state index contributed by atoms with van der Waals surface area (Å²) in [4.78, 5) is 28.5. The van der Waals surface area contributed by atoms with Crippen LogP contribution in [0.5, 0.6) is 0 Å². The Labute approximate surface area is 146 Å². The summed E-state index contributed by atoms with van der Waals surface area (Å²) in [7, 11) is 0. The minimum atomic E-state index is -0.537. The first-order valence-corrected chi connectivity index (χ1v) is 8.27. The molecule has 1 saturated heterocycles. The monoisotopic (exact) mass is 342 g/mol. The van der Waals surface area contributed by atoms with E-state index in [9.17, 15) is 9.59 Å². The quantitative estimate of drug-likeness (QED) is 0.767. The molecule has 4 nitrogen and oxygen atoms in total. The van der Waals surface area contributed by atoms with E-state index in [-0.39, 0.29) is 11.9 Å². The van der Waals surface area contributed by atoms with Crippen molar-refractivity contribution in [1.29, 1.82) is 0 Å². The van der Waals surface area contributed by atoms with Gasteiger partial charge in [0.25, 0.3) is 5.91 Å². The first-order valence-electron chi connectivity index (χ1n) is 7.89. The fraction of sp³-hybridized carbons (Fsp3) is 0.263. The Bertz CT molecular complexity index is 788. The van der Waals surface area contributed by atoms with E-state index in [1.165, 1.54) is 9.80 Å². The number of nitrogens with zero attached hydrogens (tertiary/aromatic N) is 2. The summed E-state index contributed by atoms with van der Waals surface area (Å²) in [5.41, 5.74) is 2.59. The average molecular weight is 343 g/mol. The van der Waals surface area contributed by atoms with E-state index in [0.717, 1.165) is 16.8 Å². The Morgan fingerprint density at radius 2 is 1.67 bits per heavy atom. The highest BCUT2D eigenvalue weighted by Gasteiger charge is 2.45. The zero-order chi connectivity index (χ0) is 17.4. The van der Waals surface area contributed by atoms with Gasteiger partial charge in [0.2, 0.25) is 0 Å². The van der Waals surface area contributed by atoms with Gasteiger partial charge in [0.05, 0.1) is 6.04 Å². The fourth-order valence-corrected chi connectivity index (χ4v) is 3.33. The first-order chi connectivity index (χ1) is 11.4. The third kappa shape index (κ3) is 2.67. The van der Waals surface area contributed by atoms with Gasteiger partial charge in [-0.3, -0.25) is 14.6 Å². The smallest absolute Gasteiger partial charge is 0.282 e. The van der Waals surface area contributed by atoms with Gasteiger partial charge in [0.15, 0.2) is 0 Å². The van der Waals surface area contributed by atoms with Gasteiger partial charge in [0.1, 0.15) is 6.04 Å². The lowest BCUT2D eigenvalue weighted by atomic mass is 10.1. The van der Waals surface area contributed by atoms with Crippen molar-refractivity contribution < 1.29 is 9.59 Å². The van der Waals surface area contributed by atoms with Gasteiger partial charge in [-0.05, 0) is 44.5 Å². The molecule has 0 spiro atoms. The molecule has 2 atom stereocenters. The molecule has 3 rings (SSSR count). The molecule has 1 aliphatic rings. The number of halogens is 1. The molecule has 0 saturated carbocycles. The molecule has 1 aliphatic heterocycles. The van der Waals surface area contributed by atoms with E-state index >= 15 is 0 Å². The van der Waals surface area contributed by atoms with Crippen molar-refractivity contribution in [2.45, 2.75) is 32.9 Å². The number of carbonyl (C=O) groups is 2. The predicted molar refractivity (Wildman–Crippen MR) is 95.2 cm³/mol. The maximum absolute atomic E-state index is 12.9. The van der Waals surface area contributed by atoms with Crippen LogP contribution in [0, 0.1) is 6.92 Å². The van der Waals surface area contributed by atoms with Crippen molar-refractivity contribution in [2.24, 2.45) is 0 Å². The highest BCUT2D eigenvalue weighted by atomic mass is 35.5. The molecule has 1 fully saturated rings. The molecule has 124 valence electrons. The van der Waals surface area contributed by atoms with Gasteiger partial charge >= 0.3 is 6.03 Å². The summed E-state index contributed by atoms with van der Waals surface area (Å²) in [6, 6.07) is 13.6. The Kier molecular flexibility index (Phi) is 4.33. The summed E-state index contributed by atoms with van der Waals surface area (Å²) in [5.74, 6) is -0.215. The van der Waals surface area contributed by atoms with E-state index in [2.05, 4.69) is 0 Å². The van der Waals surface area contributed by atoms with Crippen LogP contribution >= 0.6 is 11.6 Å². The van der Waals surface area contributed by atoms with E-state index in [1.807, 2.05) is 56.3 Å². The van der Waals surface area contributed by atoms with Gasteiger partial charge in [-0.15, -0.1) is 0 Å². The molecule has 0 aromatic heterocycles. The third-order valence-corrected chi connectivity index (χ3v) is 4.79. The molecule has 0 bridgehead atoms. The fourth-order valence-electron chi connectivity index (χ4n) is 3.04. The minimum Gasteiger partial charge on any atom is -0.282 e. The van der Waals surface area contributed by atoms with Crippen LogP contribution in [0.4, 0.5) is 10.5 Å². The second kappa shape index (κ2) is 6.29. The lowest BCUT2D eigenvalue weighted by Crippen LogP contribution is -2.35. The molecule has 2 aromatic rings. The molecule has 2 unspecified atom stereocenters. The summed E-state index contributed by atoms with van der Waals surface area (Å²) in [6.07, 6.45) is 0. The van der Waals surface area contributed by atoms with Crippen LogP contribution < -0.4 is 4.90 Å². The second-order valence-corrected chi connectivity index (χ2v) is 6.48. The van der Waals surface area contributed by atoms with Crippen molar-refractivity contribution in [3.63, 3.8) is 0 Å². The van der Waals surface area contributed by atoms with E-state index in [0.29, 0.717) is 5.02 Å². The Morgan fingerprint density at radius 1 is 1.04 bits per heavy atom. The largest absolute Gasteiger partial charge is 0.332 e. The van der Waals surface area contributed by atoms with Crippen molar-refractivity contribution >= 4 is 29.2 Å². The average Bonchev–Trinajstić information content (AvgIpc) is 2.78. The predicted octanol–water partition coefficient (Wildman–Crippen LogP) is 4.57. The number of benzene rings is 2. The maximum Gasteiger partial charge on any atom is 0.332 e. The van der Waals surface area contributed by atoms with Crippen molar-refractivity contribution in [1.82, 2.24) is 4.90 Å². The molecule has 0 radical (unpaired) electrons. The zero-order valence-corrected chi connectivity index (χ0v) is 14.6. The third-order valence-electron chi connectivity index (χ3n) is 4.45. The van der Waals surface area contributed by atoms with Gasteiger partial charge in [-0.2, -0.15) is 0 Å². The molecule has 3 amide bonds. The molecule has 2 aromatic carbocycles. The highest BCUT2D eigenvalue weighted by Crippen LogP contribution is 2.34. The first kappa shape index (κ1) is 16.5. The van der Waals surface area contributed by atoms with Gasteiger partial charge in [-0.25, -0.2) is 4.79 Å². The number of rotatable bonds is 3. The lowest BCUT2D eigenvalue weighted by molar-refractivity contribution is -0.128. The topological polar surface area (TPSA) is 40.6 Å². The van der Waals surface area contributed by atoms with Crippen LogP contribution in [0.3, 0.4) is 0 Å². The molecule has 24 heavy (non-hydrogen) atoms. The molecule has 0 aliphatic carbocycles. The van der Waals surface area contributed by atoms with E-state index in [4.69, 9.17) is 11.6 Å². The number of carbonyl (C=O) groups excluding carboxylic acids is 2. The van der Waals surface area contributed by atoms with Crippen LogP contribution in [0.1, 0.15) is 31.0 Å². The van der Waals surface area contributed by atoms with Crippen LogP contribution in [-0.2, 0) is 4.79 Å². The molecule has 5 heteroatoms. The zero-order valence-electron chi connectivity index (χ0n) is 13.9. The lowest BCUT2D eigenvalue weighted by Gasteiger charge is -2.24. The number of urea groups is 1. The number of imide groups is 1. The standard InChI is InChI=1S/C19H19ClN2O2/c1-12-8-10-15(11-9-12)21-14(3)18(23)22(19(21)24)13(2)16-6-4-5-7-17(16)20/h4-11,13-14H,1-3H3. The van der Waals surface area contributed by atoms with E-state index in [1.54, 1.807) is 13.0 Å². The Morgan fingerprint density at radius 3 is 2.29 bits per heavy atom. The normalized spacial score (nSPS) is 19.1. The molecular weight excluding hydrogens is 324 g/mol. The molecular formula is C19H19ClN2O2. The number of anilines is 1. The Hall–Kier alpha value is -2.33. The highest BCUT2D eigenvalue weighted by molar-refractivity contribution is 6.31. The number of aryl methyl sites for hydroxylation is 1. The van der Waals surface area contributed by atoms with Crippen LogP contribution in [0.2, 0.25) is 5.02 Å². The summed E-state index contributed by atoms with van der Waals surface area (Å²) in [6.45, 7) is 5.55. The molecule has 1 heterocycles. The van der Waals surface area contributed by atoms with Crippen LogP contribution in [0.25, 0.3) is 0 Å². The number of hydrogen-bond donors (Lipinski definition) is 0. The maximum atomic E-state index is 12.9. The van der Waals surface area contributed by atoms with E-state index < -0.39 is 12.1 Å². The summed E-state index contributed by atoms with van der Waals surface area (Å²) in [5, 5.41) is 0.548. The minimum absolute atomic E-state index is 0.215. The number of amides is 3. The van der Waals surface area contributed by atoms with Crippen LogP contribution in [0.15, 0.2) is 48.5 Å². The van der Waals surface area contributed by atoms with Gasteiger partial charge < -0.3 is 0 Å². The van der Waals surface area contributed by atoms with Crippen molar-refractivity contribution in [3.8, 4) is 0 Å². The van der Waals surface area contributed by atoms with Crippen molar-refractivity contribution in [2.75, 3.05) is 4.90 Å². The van der Waals surface area contributed by atoms with Crippen LogP contribution in [-0.4, -0.2) is 22.9 Å². The SMILES string of the molecule is Cc1ccc(N2C(=O)N(C(C)c3ccccc3Cl)C(=O)C2C)cc1. The van der Waals surface area contributed by atoms with Gasteiger partial charge in [-0.1, -0.05) is 47.5 Å².